The van der Waals surface area contributed by atoms with Crippen molar-refractivity contribution in [3.63, 3.8) is 0 Å². The highest BCUT2D eigenvalue weighted by atomic mass is 16.5. The fourth-order valence-corrected chi connectivity index (χ4v) is 3.62. The lowest BCUT2D eigenvalue weighted by Crippen LogP contribution is -2.35. The molecule has 1 N–H and O–H groups in total. The minimum Gasteiger partial charge on any atom is -0.481 e. The molecule has 1 amide bonds. The average molecular weight is 409 g/mol. The number of carbonyl (C=O) groups excluding carboxylic acids is 2. The monoisotopic (exact) mass is 408 g/mol. The molecule has 5 nitrogen and oxygen atoms in total. The van der Waals surface area contributed by atoms with Crippen molar-refractivity contribution in [3.05, 3.63) is 65.2 Å². The maximum atomic E-state index is 12.4. The van der Waals surface area contributed by atoms with Crippen molar-refractivity contribution in [1.29, 1.82) is 0 Å². The number of carbonyl (C=O) groups is 2. The normalized spacial score (nSPS) is 16.1. The van der Waals surface area contributed by atoms with Gasteiger partial charge in [0.2, 0.25) is 0 Å². The van der Waals surface area contributed by atoms with E-state index in [1.807, 2.05) is 0 Å². The SMILES string of the molecule is CC(=O)c1cccc(OC(C)C(=O)NCc2ccc(CN3CCC(C)CC3)cc2)c1. The van der Waals surface area contributed by atoms with Crippen LogP contribution in [0, 0.1) is 5.92 Å². The summed E-state index contributed by atoms with van der Waals surface area (Å²) in [7, 11) is 0. The van der Waals surface area contributed by atoms with E-state index in [2.05, 4.69) is 41.4 Å². The van der Waals surface area contributed by atoms with Gasteiger partial charge in [0.25, 0.3) is 5.91 Å². The second kappa shape index (κ2) is 10.4. The Bertz CT molecular complexity index is 855. The zero-order chi connectivity index (χ0) is 21.5. The van der Waals surface area contributed by atoms with Crippen molar-refractivity contribution in [2.24, 2.45) is 5.92 Å². The highest BCUT2D eigenvalue weighted by Gasteiger charge is 2.16. The van der Waals surface area contributed by atoms with E-state index in [1.165, 1.54) is 38.4 Å². The molecule has 1 aliphatic heterocycles. The Balaban J connectivity index is 1.46. The van der Waals surface area contributed by atoms with Crippen LogP contribution in [0.4, 0.5) is 0 Å². The Labute approximate surface area is 179 Å². The average Bonchev–Trinajstić information content (AvgIpc) is 2.74. The van der Waals surface area contributed by atoms with E-state index in [1.54, 1.807) is 31.2 Å². The number of Topliss-reactive ketones (excluding diaryl/α,β-unsaturated/α-hetero) is 1. The van der Waals surface area contributed by atoms with Crippen LogP contribution in [0.25, 0.3) is 0 Å². The smallest absolute Gasteiger partial charge is 0.261 e. The zero-order valence-electron chi connectivity index (χ0n) is 18.2. The third-order valence-corrected chi connectivity index (χ3v) is 5.69. The summed E-state index contributed by atoms with van der Waals surface area (Å²) in [6, 6.07) is 15.3. The summed E-state index contributed by atoms with van der Waals surface area (Å²) in [6.07, 6.45) is 1.92. The largest absolute Gasteiger partial charge is 0.481 e. The summed E-state index contributed by atoms with van der Waals surface area (Å²) >= 11 is 0. The number of nitrogens with zero attached hydrogens (tertiary/aromatic N) is 1. The van der Waals surface area contributed by atoms with Crippen LogP contribution in [-0.4, -0.2) is 35.8 Å². The van der Waals surface area contributed by atoms with Gasteiger partial charge in [-0.2, -0.15) is 0 Å². The fourth-order valence-electron chi connectivity index (χ4n) is 3.62. The van der Waals surface area contributed by atoms with E-state index in [0.29, 0.717) is 17.9 Å². The van der Waals surface area contributed by atoms with Gasteiger partial charge in [0.05, 0.1) is 0 Å². The third-order valence-electron chi connectivity index (χ3n) is 5.69. The van der Waals surface area contributed by atoms with Crippen LogP contribution in [0.2, 0.25) is 0 Å². The van der Waals surface area contributed by atoms with Crippen LogP contribution >= 0.6 is 0 Å². The molecule has 0 spiro atoms. The third kappa shape index (κ3) is 6.42. The van der Waals surface area contributed by atoms with Crippen LogP contribution in [0.5, 0.6) is 5.75 Å². The summed E-state index contributed by atoms with van der Waals surface area (Å²) in [4.78, 5) is 26.4. The van der Waals surface area contributed by atoms with Gasteiger partial charge in [-0.3, -0.25) is 14.5 Å². The van der Waals surface area contributed by atoms with Gasteiger partial charge >= 0.3 is 0 Å². The van der Waals surface area contributed by atoms with E-state index < -0.39 is 6.10 Å². The molecule has 1 aliphatic rings. The second-order valence-corrected chi connectivity index (χ2v) is 8.34. The molecule has 5 heteroatoms. The summed E-state index contributed by atoms with van der Waals surface area (Å²) in [5.74, 6) is 1.14. The fraction of sp³-hybridized carbons (Fsp3) is 0.440. The first kappa shape index (κ1) is 22.0. The van der Waals surface area contributed by atoms with Crippen LogP contribution in [-0.2, 0) is 17.9 Å². The van der Waals surface area contributed by atoms with Crippen molar-refractivity contribution < 1.29 is 14.3 Å². The minimum absolute atomic E-state index is 0.0316. The van der Waals surface area contributed by atoms with Gasteiger partial charge in [0.1, 0.15) is 5.75 Å². The number of rotatable bonds is 8. The Kier molecular flexibility index (Phi) is 7.63. The first-order valence-electron chi connectivity index (χ1n) is 10.8. The summed E-state index contributed by atoms with van der Waals surface area (Å²) in [6.45, 7) is 9.34. The number of piperidine rings is 1. The van der Waals surface area contributed by atoms with Crippen LogP contribution < -0.4 is 10.1 Å². The summed E-state index contributed by atoms with van der Waals surface area (Å²) in [5, 5.41) is 2.92. The maximum absolute atomic E-state index is 12.4. The van der Waals surface area contributed by atoms with Crippen LogP contribution in [0.15, 0.2) is 48.5 Å². The van der Waals surface area contributed by atoms with E-state index in [4.69, 9.17) is 4.74 Å². The lowest BCUT2D eigenvalue weighted by Gasteiger charge is -2.30. The molecule has 2 aromatic rings. The van der Waals surface area contributed by atoms with Gasteiger partial charge in [0, 0.05) is 18.7 Å². The van der Waals surface area contributed by atoms with Crippen molar-refractivity contribution in [2.75, 3.05) is 13.1 Å². The first-order chi connectivity index (χ1) is 14.4. The Hall–Kier alpha value is -2.66. The Morgan fingerprint density at radius 2 is 1.77 bits per heavy atom. The number of benzene rings is 2. The maximum Gasteiger partial charge on any atom is 0.261 e. The number of nitrogens with one attached hydrogen (secondary N) is 1. The molecule has 1 unspecified atom stereocenters. The van der Waals surface area contributed by atoms with Crippen molar-refractivity contribution >= 4 is 11.7 Å². The number of amides is 1. The molecule has 0 saturated carbocycles. The van der Waals surface area contributed by atoms with Crippen LogP contribution in [0.3, 0.4) is 0 Å². The quantitative estimate of drug-likeness (QED) is 0.665. The van der Waals surface area contributed by atoms with Crippen LogP contribution in [0.1, 0.15) is 55.1 Å². The van der Waals surface area contributed by atoms with E-state index in [0.717, 1.165) is 18.0 Å². The Morgan fingerprint density at radius 3 is 2.43 bits per heavy atom. The highest BCUT2D eigenvalue weighted by molar-refractivity contribution is 5.94. The molecular formula is C25H32N2O3. The number of ketones is 1. The van der Waals surface area contributed by atoms with Gasteiger partial charge in [0.15, 0.2) is 11.9 Å². The summed E-state index contributed by atoms with van der Waals surface area (Å²) in [5.41, 5.74) is 2.94. The molecule has 0 aliphatic carbocycles. The molecule has 2 aromatic carbocycles. The predicted octanol–water partition coefficient (Wildman–Crippen LogP) is 4.20. The second-order valence-electron chi connectivity index (χ2n) is 8.34. The van der Waals surface area contributed by atoms with Gasteiger partial charge in [-0.25, -0.2) is 0 Å². The van der Waals surface area contributed by atoms with Gasteiger partial charge in [-0.05, 0) is 69.0 Å². The molecule has 30 heavy (non-hydrogen) atoms. The van der Waals surface area contributed by atoms with E-state index in [9.17, 15) is 9.59 Å². The molecule has 3 rings (SSSR count). The van der Waals surface area contributed by atoms with Crippen molar-refractivity contribution in [1.82, 2.24) is 10.2 Å². The predicted molar refractivity (Wildman–Crippen MR) is 119 cm³/mol. The molecule has 160 valence electrons. The standard InChI is InChI=1S/C25H32N2O3/c1-18-11-13-27(14-12-18)17-22-9-7-21(8-10-22)16-26-25(29)20(3)30-24-6-4-5-23(15-24)19(2)28/h4-10,15,18,20H,11-14,16-17H2,1-3H3,(H,26,29). The lowest BCUT2D eigenvalue weighted by molar-refractivity contribution is -0.127. The number of likely N-dealkylation sites (tertiary alicyclic amines) is 1. The molecule has 0 aromatic heterocycles. The van der Waals surface area contributed by atoms with E-state index in [-0.39, 0.29) is 11.7 Å². The Morgan fingerprint density at radius 1 is 1.10 bits per heavy atom. The van der Waals surface area contributed by atoms with Gasteiger partial charge in [-0.1, -0.05) is 43.3 Å². The van der Waals surface area contributed by atoms with Gasteiger partial charge < -0.3 is 10.1 Å². The van der Waals surface area contributed by atoms with Crippen molar-refractivity contribution in [2.45, 2.75) is 52.8 Å². The van der Waals surface area contributed by atoms with Gasteiger partial charge in [-0.15, -0.1) is 0 Å². The zero-order valence-corrected chi connectivity index (χ0v) is 18.2. The molecule has 1 heterocycles. The molecule has 0 radical (unpaired) electrons. The van der Waals surface area contributed by atoms with E-state index >= 15 is 0 Å². The molecular weight excluding hydrogens is 376 g/mol. The first-order valence-corrected chi connectivity index (χ1v) is 10.8. The highest BCUT2D eigenvalue weighted by Crippen LogP contribution is 2.18. The lowest BCUT2D eigenvalue weighted by atomic mass is 9.99. The number of ether oxygens (including phenoxy) is 1. The number of hydrogen-bond donors (Lipinski definition) is 1. The summed E-state index contributed by atoms with van der Waals surface area (Å²) < 4.78 is 5.70. The molecule has 1 saturated heterocycles. The molecule has 1 fully saturated rings. The van der Waals surface area contributed by atoms with Crippen molar-refractivity contribution in [3.8, 4) is 5.75 Å². The minimum atomic E-state index is -0.645. The molecule has 1 atom stereocenters. The topological polar surface area (TPSA) is 58.6 Å². The number of hydrogen-bond acceptors (Lipinski definition) is 4. The molecule has 0 bridgehead atoms.